The second-order valence-corrected chi connectivity index (χ2v) is 3.72. The Morgan fingerprint density at radius 1 is 1.31 bits per heavy atom. The molecular formula is C9H14O4. The van der Waals surface area contributed by atoms with E-state index in [1.54, 1.807) is 0 Å². The van der Waals surface area contributed by atoms with Crippen molar-refractivity contribution < 1.29 is 19.0 Å². The minimum atomic E-state index is -0.564. The fourth-order valence-corrected chi connectivity index (χ4v) is 2.22. The molecule has 0 bridgehead atoms. The predicted molar refractivity (Wildman–Crippen MR) is 44.3 cm³/mol. The van der Waals surface area contributed by atoms with E-state index in [0.717, 1.165) is 26.1 Å². The van der Waals surface area contributed by atoms with E-state index in [9.17, 15) is 4.79 Å². The van der Waals surface area contributed by atoms with E-state index in [-0.39, 0.29) is 6.10 Å². The summed E-state index contributed by atoms with van der Waals surface area (Å²) in [6.45, 7) is 1.65. The monoisotopic (exact) mass is 186 g/mol. The average molecular weight is 186 g/mol. The topological polar surface area (TPSA) is 44.8 Å². The highest BCUT2D eigenvalue weighted by Crippen LogP contribution is 2.38. The third-order valence-electron chi connectivity index (χ3n) is 2.89. The second-order valence-electron chi connectivity index (χ2n) is 3.72. The summed E-state index contributed by atoms with van der Waals surface area (Å²) in [6, 6.07) is 0. The molecule has 2 fully saturated rings. The fraction of sp³-hybridized carbons (Fsp3) is 0.889. The third-order valence-corrected chi connectivity index (χ3v) is 2.89. The smallest absolute Gasteiger partial charge is 0.438 e. The Morgan fingerprint density at radius 2 is 1.92 bits per heavy atom. The normalized spacial score (nSPS) is 37.2. The molecule has 0 aromatic carbocycles. The fourth-order valence-electron chi connectivity index (χ4n) is 2.22. The lowest BCUT2D eigenvalue weighted by molar-refractivity contribution is 0.0315. The largest absolute Gasteiger partial charge is 0.508 e. The van der Waals surface area contributed by atoms with Gasteiger partial charge in [0.25, 0.3) is 0 Å². The second kappa shape index (κ2) is 3.54. The van der Waals surface area contributed by atoms with Crippen molar-refractivity contribution >= 4 is 6.16 Å². The highest BCUT2D eigenvalue weighted by atomic mass is 16.7. The maximum atomic E-state index is 10.8. The van der Waals surface area contributed by atoms with Gasteiger partial charge in [0, 0.05) is 13.2 Å². The molecule has 2 rings (SSSR count). The van der Waals surface area contributed by atoms with E-state index < -0.39 is 6.16 Å². The minimum Gasteiger partial charge on any atom is -0.438 e. The number of fused-ring (bicyclic) bond motifs is 1. The molecule has 4 heteroatoms. The van der Waals surface area contributed by atoms with Crippen LogP contribution in [0.25, 0.3) is 0 Å². The Hall–Kier alpha value is -0.770. The van der Waals surface area contributed by atoms with Crippen LogP contribution in [0.15, 0.2) is 0 Å². The van der Waals surface area contributed by atoms with Gasteiger partial charge in [-0.05, 0) is 24.7 Å². The molecule has 0 aromatic rings. The molecule has 74 valence electrons. The Morgan fingerprint density at radius 3 is 2.46 bits per heavy atom. The van der Waals surface area contributed by atoms with Crippen LogP contribution in [-0.4, -0.2) is 32.6 Å². The van der Waals surface area contributed by atoms with E-state index in [4.69, 9.17) is 9.47 Å². The number of carbonyl (C=O) groups excluding carboxylic acids is 1. The molecule has 1 aliphatic heterocycles. The van der Waals surface area contributed by atoms with Crippen molar-refractivity contribution in [3.8, 4) is 0 Å². The highest BCUT2D eigenvalue weighted by Gasteiger charge is 2.40. The Labute approximate surface area is 77.1 Å². The first-order valence-electron chi connectivity index (χ1n) is 4.62. The standard InChI is InChI=1S/C9H14O4/c1-11-9(10)13-8-2-6-4-12-5-7(6)3-8/h6-8H,2-5H2,1H3. The number of ether oxygens (including phenoxy) is 3. The highest BCUT2D eigenvalue weighted by molar-refractivity contribution is 5.59. The molecular weight excluding hydrogens is 172 g/mol. The molecule has 0 amide bonds. The molecule has 4 nitrogen and oxygen atoms in total. The summed E-state index contributed by atoms with van der Waals surface area (Å²) in [5, 5.41) is 0. The van der Waals surface area contributed by atoms with Crippen LogP contribution in [0.2, 0.25) is 0 Å². The van der Waals surface area contributed by atoms with Crippen LogP contribution >= 0.6 is 0 Å². The van der Waals surface area contributed by atoms with Gasteiger partial charge >= 0.3 is 6.16 Å². The van der Waals surface area contributed by atoms with Gasteiger partial charge in [-0.3, -0.25) is 0 Å². The molecule has 1 aliphatic carbocycles. The van der Waals surface area contributed by atoms with E-state index in [0.29, 0.717) is 11.8 Å². The first kappa shape index (κ1) is 8.81. The Bertz CT molecular complexity index is 192. The Kier molecular flexibility index (Phi) is 2.40. The third kappa shape index (κ3) is 1.77. The molecule has 2 aliphatic rings. The SMILES string of the molecule is COC(=O)OC1CC2COCC2C1. The number of carbonyl (C=O) groups is 1. The summed E-state index contributed by atoms with van der Waals surface area (Å²) in [7, 11) is 1.33. The van der Waals surface area contributed by atoms with Gasteiger partial charge < -0.3 is 14.2 Å². The van der Waals surface area contributed by atoms with Gasteiger partial charge in [0.2, 0.25) is 0 Å². The van der Waals surface area contributed by atoms with E-state index in [2.05, 4.69) is 4.74 Å². The van der Waals surface area contributed by atoms with Gasteiger partial charge in [-0.1, -0.05) is 0 Å². The van der Waals surface area contributed by atoms with Gasteiger partial charge in [-0.15, -0.1) is 0 Å². The summed E-state index contributed by atoms with van der Waals surface area (Å²) in [6.07, 6.45) is 1.34. The van der Waals surface area contributed by atoms with Crippen LogP contribution in [0.1, 0.15) is 12.8 Å². The summed E-state index contributed by atoms with van der Waals surface area (Å²) in [5.74, 6) is 1.18. The van der Waals surface area contributed by atoms with Gasteiger partial charge in [0.15, 0.2) is 0 Å². The van der Waals surface area contributed by atoms with Gasteiger partial charge in [-0.2, -0.15) is 0 Å². The number of methoxy groups -OCH3 is 1. The maximum absolute atomic E-state index is 10.8. The van der Waals surface area contributed by atoms with Crippen molar-refractivity contribution in [1.82, 2.24) is 0 Å². The lowest BCUT2D eigenvalue weighted by Crippen LogP contribution is -2.16. The summed E-state index contributed by atoms with van der Waals surface area (Å²) < 4.78 is 14.8. The van der Waals surface area contributed by atoms with Crippen molar-refractivity contribution in [1.29, 1.82) is 0 Å². The van der Waals surface area contributed by atoms with Gasteiger partial charge in [0.1, 0.15) is 6.10 Å². The van der Waals surface area contributed by atoms with Crippen LogP contribution in [0, 0.1) is 11.8 Å². The van der Waals surface area contributed by atoms with Crippen LogP contribution in [0.5, 0.6) is 0 Å². The van der Waals surface area contributed by atoms with Crippen molar-refractivity contribution in [2.45, 2.75) is 18.9 Å². The summed E-state index contributed by atoms with van der Waals surface area (Å²) >= 11 is 0. The predicted octanol–water partition coefficient (Wildman–Crippen LogP) is 1.19. The first-order valence-corrected chi connectivity index (χ1v) is 4.62. The molecule has 2 unspecified atom stereocenters. The lowest BCUT2D eigenvalue weighted by Gasteiger charge is -2.11. The van der Waals surface area contributed by atoms with Crippen LogP contribution in [0.4, 0.5) is 4.79 Å². The first-order chi connectivity index (χ1) is 6.29. The van der Waals surface area contributed by atoms with E-state index in [1.165, 1.54) is 7.11 Å². The molecule has 13 heavy (non-hydrogen) atoms. The minimum absolute atomic E-state index is 0.0475. The van der Waals surface area contributed by atoms with Crippen LogP contribution < -0.4 is 0 Å². The van der Waals surface area contributed by atoms with Gasteiger partial charge in [-0.25, -0.2) is 4.79 Å². The number of hydrogen-bond donors (Lipinski definition) is 0. The zero-order valence-corrected chi connectivity index (χ0v) is 7.69. The van der Waals surface area contributed by atoms with E-state index >= 15 is 0 Å². The summed E-state index contributed by atoms with van der Waals surface area (Å²) in [4.78, 5) is 10.8. The molecule has 1 saturated heterocycles. The zero-order chi connectivity index (χ0) is 9.26. The lowest BCUT2D eigenvalue weighted by atomic mass is 10.0. The summed E-state index contributed by atoms with van der Waals surface area (Å²) in [5.41, 5.74) is 0. The molecule has 1 heterocycles. The molecule has 2 atom stereocenters. The van der Waals surface area contributed by atoms with Gasteiger partial charge in [0.05, 0.1) is 7.11 Å². The molecule has 0 radical (unpaired) electrons. The van der Waals surface area contributed by atoms with Crippen molar-refractivity contribution in [3.05, 3.63) is 0 Å². The van der Waals surface area contributed by atoms with Crippen LogP contribution in [-0.2, 0) is 14.2 Å². The molecule has 0 aromatic heterocycles. The molecule has 1 saturated carbocycles. The van der Waals surface area contributed by atoms with E-state index in [1.807, 2.05) is 0 Å². The van der Waals surface area contributed by atoms with Crippen molar-refractivity contribution in [3.63, 3.8) is 0 Å². The zero-order valence-electron chi connectivity index (χ0n) is 7.69. The number of rotatable bonds is 1. The molecule has 0 spiro atoms. The van der Waals surface area contributed by atoms with Crippen molar-refractivity contribution in [2.24, 2.45) is 11.8 Å². The Balaban J connectivity index is 1.82. The maximum Gasteiger partial charge on any atom is 0.508 e. The quantitative estimate of drug-likeness (QED) is 0.577. The van der Waals surface area contributed by atoms with Crippen molar-refractivity contribution in [2.75, 3.05) is 20.3 Å². The van der Waals surface area contributed by atoms with Crippen LogP contribution in [0.3, 0.4) is 0 Å². The average Bonchev–Trinajstić information content (AvgIpc) is 2.63. The number of hydrogen-bond acceptors (Lipinski definition) is 4. The molecule has 0 N–H and O–H groups in total.